The number of nitrogens with zero attached hydrogens (tertiary/aromatic N) is 3. The van der Waals surface area contributed by atoms with Gasteiger partial charge < -0.3 is 9.84 Å². The number of benzene rings is 3. The molecule has 1 aliphatic heterocycles. The molecule has 0 saturated heterocycles. The molecular formula is C34H34KN4O5. The normalized spacial score (nSPS) is 15.2. The molecule has 0 fully saturated rings. The smallest absolute Gasteiger partial charge is 0.439 e. The molecule has 0 bridgehead atoms. The van der Waals surface area contributed by atoms with E-state index < -0.39 is 17.5 Å². The standard InChI is InChI=1S/C34H34N4O5.K/c1-5-8-28-26(17-21-11-13-22(14-12-21)24-9-6-7-10-25(24)31-36-33(41)43-37-31)32(40)38(20(2)35-28)23-15-16-30-27(18-23)29(39)19-34(3,4)42-30;/h6-7,9-16,18,29,39H,5,8,17,19H2,1-4H3,(H,36,37,41);. The summed E-state index contributed by atoms with van der Waals surface area (Å²) in [5, 5.41) is 14.7. The molecule has 0 aliphatic carbocycles. The van der Waals surface area contributed by atoms with E-state index in [1.165, 1.54) is 0 Å². The van der Waals surface area contributed by atoms with E-state index in [4.69, 9.17) is 14.2 Å². The Morgan fingerprint density at radius 3 is 2.45 bits per heavy atom. The molecule has 9 nitrogen and oxygen atoms in total. The van der Waals surface area contributed by atoms with Gasteiger partial charge in [-0.15, -0.1) is 0 Å². The third kappa shape index (κ3) is 6.47. The number of hydrogen-bond donors (Lipinski definition) is 2. The van der Waals surface area contributed by atoms with Gasteiger partial charge in [-0.1, -0.05) is 67.0 Å². The number of aliphatic hydroxyl groups is 1. The van der Waals surface area contributed by atoms with Crippen molar-refractivity contribution in [1.82, 2.24) is 19.7 Å². The maximum Gasteiger partial charge on any atom is 0.439 e. The molecule has 6 rings (SSSR count). The van der Waals surface area contributed by atoms with E-state index in [1.54, 1.807) is 4.57 Å². The zero-order valence-corrected chi connectivity index (χ0v) is 28.8. The van der Waals surface area contributed by atoms with Gasteiger partial charge in [0.1, 0.15) is 17.2 Å². The molecular weight excluding hydrogens is 583 g/mol. The van der Waals surface area contributed by atoms with Crippen LogP contribution in [0.4, 0.5) is 0 Å². The summed E-state index contributed by atoms with van der Waals surface area (Å²) in [6.07, 6.45) is 1.76. The molecule has 44 heavy (non-hydrogen) atoms. The monoisotopic (exact) mass is 617 g/mol. The first-order valence-electron chi connectivity index (χ1n) is 14.5. The first-order valence-corrected chi connectivity index (χ1v) is 14.5. The van der Waals surface area contributed by atoms with Crippen molar-refractivity contribution in [2.45, 2.75) is 65.1 Å². The number of ether oxygens (including phenoxy) is 1. The molecule has 2 aromatic heterocycles. The molecule has 0 spiro atoms. The molecule has 1 atom stereocenters. The average Bonchev–Trinajstić information content (AvgIpc) is 3.41. The van der Waals surface area contributed by atoms with E-state index in [0.29, 0.717) is 53.5 Å². The Labute approximate surface area is 297 Å². The fourth-order valence-corrected chi connectivity index (χ4v) is 5.88. The summed E-state index contributed by atoms with van der Waals surface area (Å²) < 4.78 is 12.4. The quantitative estimate of drug-likeness (QED) is 0.237. The van der Waals surface area contributed by atoms with Gasteiger partial charge in [0.2, 0.25) is 0 Å². The number of hydrogen-bond acceptors (Lipinski definition) is 7. The van der Waals surface area contributed by atoms with Crippen molar-refractivity contribution in [1.29, 1.82) is 0 Å². The minimum Gasteiger partial charge on any atom is -0.487 e. The maximum atomic E-state index is 14.1. The van der Waals surface area contributed by atoms with E-state index in [9.17, 15) is 14.7 Å². The second-order valence-electron chi connectivity index (χ2n) is 11.6. The summed E-state index contributed by atoms with van der Waals surface area (Å²) in [6, 6.07) is 21.2. The van der Waals surface area contributed by atoms with Crippen LogP contribution in [0.2, 0.25) is 0 Å². The molecule has 3 heterocycles. The van der Waals surface area contributed by atoms with Gasteiger partial charge in [-0.2, -0.15) is 0 Å². The van der Waals surface area contributed by atoms with Crippen LogP contribution in [0.15, 0.2) is 80.8 Å². The number of aromatic amines is 1. The zero-order chi connectivity index (χ0) is 30.3. The number of nitrogens with one attached hydrogen (secondary N) is 1. The molecule has 2 N–H and O–H groups in total. The van der Waals surface area contributed by atoms with E-state index in [-0.39, 0.29) is 56.9 Å². The Hall–Kier alpha value is -3.12. The molecule has 221 valence electrons. The van der Waals surface area contributed by atoms with Crippen LogP contribution in [0.3, 0.4) is 0 Å². The van der Waals surface area contributed by atoms with Gasteiger partial charge in [0.05, 0.1) is 17.5 Å². The molecule has 3 aromatic carbocycles. The average molecular weight is 618 g/mol. The zero-order valence-electron chi connectivity index (χ0n) is 25.7. The molecule has 10 heteroatoms. The molecule has 0 amide bonds. The Kier molecular flexibility index (Phi) is 9.60. The summed E-state index contributed by atoms with van der Waals surface area (Å²) in [4.78, 5) is 33.2. The SMILES string of the molecule is CCCc1nc(C)n(-c2ccc3c(c2)C(O)CC(C)(C)O3)c(=O)c1Cc1ccc(-c2ccccc2-c2noc(=O)[nH]2)cc1.[K]. The molecule has 0 saturated carbocycles. The van der Waals surface area contributed by atoms with E-state index in [1.807, 2.05) is 87.5 Å². The Bertz CT molecular complexity index is 1920. The number of aliphatic hydroxyl groups excluding tert-OH is 1. The summed E-state index contributed by atoms with van der Waals surface area (Å²) in [5.41, 5.74) is 5.74. The fraction of sp³-hybridized carbons (Fsp3) is 0.294. The second kappa shape index (κ2) is 13.1. The molecule has 1 radical (unpaired) electrons. The summed E-state index contributed by atoms with van der Waals surface area (Å²) in [7, 11) is 0. The van der Waals surface area contributed by atoms with Crippen molar-refractivity contribution in [3.05, 3.63) is 116 Å². The van der Waals surface area contributed by atoms with Gasteiger partial charge in [0.25, 0.3) is 5.56 Å². The summed E-state index contributed by atoms with van der Waals surface area (Å²) in [5.74, 6) is 0.987. The van der Waals surface area contributed by atoms with Crippen molar-refractivity contribution in [3.63, 3.8) is 0 Å². The van der Waals surface area contributed by atoms with Crippen molar-refractivity contribution in [2.75, 3.05) is 0 Å². The fourth-order valence-electron chi connectivity index (χ4n) is 5.88. The van der Waals surface area contributed by atoms with Crippen LogP contribution in [0.25, 0.3) is 28.2 Å². The van der Waals surface area contributed by atoms with Gasteiger partial charge in [-0.25, -0.2) is 9.78 Å². The van der Waals surface area contributed by atoms with Gasteiger partial charge in [-0.3, -0.25) is 18.9 Å². The van der Waals surface area contributed by atoms with Crippen LogP contribution in [0.1, 0.15) is 67.9 Å². The predicted octanol–water partition coefficient (Wildman–Crippen LogP) is 5.31. The first kappa shape index (κ1) is 32.3. The van der Waals surface area contributed by atoms with Crippen LogP contribution >= 0.6 is 0 Å². The first-order chi connectivity index (χ1) is 20.6. The number of rotatable bonds is 7. The summed E-state index contributed by atoms with van der Waals surface area (Å²) in [6.45, 7) is 7.82. The topological polar surface area (TPSA) is 123 Å². The second-order valence-corrected chi connectivity index (χ2v) is 11.6. The molecule has 1 aliphatic rings. The van der Waals surface area contributed by atoms with Crippen molar-refractivity contribution >= 4 is 51.4 Å². The minimum atomic E-state index is -0.685. The Balaban J connectivity index is 0.00000384. The van der Waals surface area contributed by atoms with Crippen molar-refractivity contribution in [3.8, 4) is 34.0 Å². The van der Waals surface area contributed by atoms with Crippen LogP contribution < -0.4 is 16.1 Å². The number of aryl methyl sites for hydroxylation is 2. The van der Waals surface area contributed by atoms with E-state index >= 15 is 0 Å². The molecule has 1 unspecified atom stereocenters. The predicted molar refractivity (Wildman–Crippen MR) is 169 cm³/mol. The number of H-pyrrole nitrogens is 1. The minimum absolute atomic E-state index is 0. The van der Waals surface area contributed by atoms with Gasteiger partial charge in [-0.05, 0) is 62.1 Å². The van der Waals surface area contributed by atoms with Gasteiger partial charge in [0.15, 0.2) is 5.82 Å². The maximum absolute atomic E-state index is 14.1. The van der Waals surface area contributed by atoms with Crippen molar-refractivity contribution in [2.24, 2.45) is 0 Å². The Morgan fingerprint density at radius 1 is 1.05 bits per heavy atom. The largest absolute Gasteiger partial charge is 0.487 e. The van der Waals surface area contributed by atoms with Crippen LogP contribution in [-0.4, -0.2) is 81.8 Å². The van der Waals surface area contributed by atoms with E-state index in [0.717, 1.165) is 34.4 Å². The van der Waals surface area contributed by atoms with Crippen LogP contribution in [0.5, 0.6) is 5.75 Å². The van der Waals surface area contributed by atoms with Crippen LogP contribution in [0, 0.1) is 6.92 Å². The van der Waals surface area contributed by atoms with Crippen LogP contribution in [-0.2, 0) is 12.8 Å². The number of aromatic nitrogens is 4. The number of fused-ring (bicyclic) bond motifs is 1. The molecule has 5 aromatic rings. The Morgan fingerprint density at radius 2 is 1.77 bits per heavy atom. The van der Waals surface area contributed by atoms with Gasteiger partial charge in [0, 0.05) is 80.9 Å². The summed E-state index contributed by atoms with van der Waals surface area (Å²) >= 11 is 0. The third-order valence-corrected chi connectivity index (χ3v) is 7.87. The van der Waals surface area contributed by atoms with Gasteiger partial charge >= 0.3 is 5.76 Å². The van der Waals surface area contributed by atoms with Crippen molar-refractivity contribution < 1.29 is 14.4 Å². The van der Waals surface area contributed by atoms with E-state index in [2.05, 4.69) is 17.1 Å². The third-order valence-electron chi connectivity index (χ3n) is 7.87.